The molecule has 90 valence electrons. The van der Waals surface area contributed by atoms with Gasteiger partial charge in [0.25, 0.3) is 0 Å². The topological polar surface area (TPSA) is 72.8 Å². The van der Waals surface area contributed by atoms with Crippen molar-refractivity contribution < 1.29 is 24.2 Å². The molecule has 0 spiro atoms. The van der Waals surface area contributed by atoms with Crippen molar-refractivity contribution in [2.45, 2.75) is 31.8 Å². The summed E-state index contributed by atoms with van der Waals surface area (Å²) >= 11 is 0. The van der Waals surface area contributed by atoms with E-state index in [4.69, 9.17) is 9.84 Å². The number of hydrogen-bond acceptors (Lipinski definition) is 5. The van der Waals surface area contributed by atoms with Gasteiger partial charge in [-0.3, -0.25) is 0 Å². The van der Waals surface area contributed by atoms with E-state index in [1.807, 2.05) is 0 Å². The van der Waals surface area contributed by atoms with Gasteiger partial charge >= 0.3 is 11.9 Å². The third-order valence-corrected chi connectivity index (χ3v) is 3.44. The minimum Gasteiger partial charge on any atom is -0.460 e. The van der Waals surface area contributed by atoms with Crippen molar-refractivity contribution in [2.24, 2.45) is 11.8 Å². The SMILES string of the molecule is O=C(CO)OCC(=O)O[C@H]1CC2CCC1C2. The smallest absolute Gasteiger partial charge is 0.344 e. The molecular formula is C11H16O5. The number of aliphatic hydroxyl groups is 1. The highest BCUT2D eigenvalue weighted by atomic mass is 16.6. The third-order valence-electron chi connectivity index (χ3n) is 3.44. The molecule has 0 aromatic rings. The summed E-state index contributed by atoms with van der Waals surface area (Å²) in [4.78, 5) is 21.9. The van der Waals surface area contributed by atoms with Crippen molar-refractivity contribution in [3.05, 3.63) is 0 Å². The normalized spacial score (nSPS) is 31.4. The van der Waals surface area contributed by atoms with Crippen LogP contribution in [-0.4, -0.2) is 36.4 Å². The quantitative estimate of drug-likeness (QED) is 0.698. The maximum Gasteiger partial charge on any atom is 0.344 e. The molecule has 0 aliphatic heterocycles. The summed E-state index contributed by atoms with van der Waals surface area (Å²) in [7, 11) is 0. The molecule has 0 aromatic carbocycles. The lowest BCUT2D eigenvalue weighted by Gasteiger charge is -2.21. The maximum atomic E-state index is 11.3. The predicted octanol–water partition coefficient (Wildman–Crippen LogP) is 0.254. The molecule has 2 rings (SSSR count). The van der Waals surface area contributed by atoms with Gasteiger partial charge in [0.2, 0.25) is 0 Å². The van der Waals surface area contributed by atoms with E-state index >= 15 is 0 Å². The van der Waals surface area contributed by atoms with Crippen LogP contribution in [0.15, 0.2) is 0 Å². The minimum absolute atomic E-state index is 0.0130. The summed E-state index contributed by atoms with van der Waals surface area (Å²) in [5.41, 5.74) is 0. The van der Waals surface area contributed by atoms with Crippen LogP contribution >= 0.6 is 0 Å². The van der Waals surface area contributed by atoms with Gasteiger partial charge in [-0.05, 0) is 37.5 Å². The van der Waals surface area contributed by atoms with Crippen LogP contribution < -0.4 is 0 Å². The van der Waals surface area contributed by atoms with Gasteiger partial charge in [-0.25, -0.2) is 9.59 Å². The molecule has 0 aromatic heterocycles. The van der Waals surface area contributed by atoms with Gasteiger partial charge in [0.1, 0.15) is 12.7 Å². The number of aliphatic hydroxyl groups excluding tert-OH is 1. The summed E-state index contributed by atoms with van der Waals surface area (Å²) in [6, 6.07) is 0. The van der Waals surface area contributed by atoms with Gasteiger partial charge in [-0.2, -0.15) is 0 Å². The second kappa shape index (κ2) is 4.82. The Bertz CT molecular complexity index is 288. The van der Waals surface area contributed by atoms with Gasteiger partial charge in [0.05, 0.1) is 0 Å². The van der Waals surface area contributed by atoms with E-state index in [0.29, 0.717) is 11.8 Å². The van der Waals surface area contributed by atoms with Gasteiger partial charge in [-0.1, -0.05) is 0 Å². The minimum atomic E-state index is -0.801. The molecule has 5 heteroatoms. The molecule has 0 heterocycles. The zero-order valence-corrected chi connectivity index (χ0v) is 9.05. The second-order valence-corrected chi connectivity index (χ2v) is 4.52. The number of hydrogen-bond donors (Lipinski definition) is 1. The Morgan fingerprint density at radius 2 is 2.00 bits per heavy atom. The number of carbonyl (C=O) groups excluding carboxylic acids is 2. The summed E-state index contributed by atoms with van der Waals surface area (Å²) in [5.74, 6) is -0.102. The Hall–Kier alpha value is -1.10. The zero-order valence-electron chi connectivity index (χ0n) is 9.05. The van der Waals surface area contributed by atoms with Crippen molar-refractivity contribution in [3.63, 3.8) is 0 Å². The molecule has 2 bridgehead atoms. The molecule has 0 radical (unpaired) electrons. The molecular weight excluding hydrogens is 212 g/mol. The van der Waals surface area contributed by atoms with Crippen LogP contribution in [0.3, 0.4) is 0 Å². The van der Waals surface area contributed by atoms with E-state index in [-0.39, 0.29) is 6.10 Å². The summed E-state index contributed by atoms with van der Waals surface area (Å²) < 4.78 is 9.72. The highest BCUT2D eigenvalue weighted by molar-refractivity contribution is 5.76. The largest absolute Gasteiger partial charge is 0.460 e. The molecule has 2 saturated carbocycles. The van der Waals surface area contributed by atoms with Crippen molar-refractivity contribution >= 4 is 11.9 Å². The van der Waals surface area contributed by atoms with Crippen molar-refractivity contribution in [1.29, 1.82) is 0 Å². The van der Waals surface area contributed by atoms with Gasteiger partial charge in [-0.15, -0.1) is 0 Å². The molecule has 2 aliphatic carbocycles. The molecule has 0 amide bonds. The van der Waals surface area contributed by atoms with E-state index in [1.165, 1.54) is 6.42 Å². The molecule has 3 atom stereocenters. The molecule has 1 N–H and O–H groups in total. The number of ether oxygens (including phenoxy) is 2. The van der Waals surface area contributed by atoms with Crippen LogP contribution in [0.2, 0.25) is 0 Å². The Kier molecular flexibility index (Phi) is 3.43. The Morgan fingerprint density at radius 3 is 2.56 bits per heavy atom. The summed E-state index contributed by atoms with van der Waals surface area (Å²) in [5, 5.41) is 8.39. The molecule has 2 fully saturated rings. The molecule has 16 heavy (non-hydrogen) atoms. The Morgan fingerprint density at radius 1 is 1.19 bits per heavy atom. The monoisotopic (exact) mass is 228 g/mol. The van der Waals surface area contributed by atoms with Gasteiger partial charge in [0.15, 0.2) is 6.61 Å². The average molecular weight is 228 g/mol. The first-order valence-electron chi connectivity index (χ1n) is 5.65. The van der Waals surface area contributed by atoms with E-state index in [1.54, 1.807) is 0 Å². The lowest BCUT2D eigenvalue weighted by Crippen LogP contribution is -2.27. The predicted molar refractivity (Wildman–Crippen MR) is 53.4 cm³/mol. The van der Waals surface area contributed by atoms with Crippen LogP contribution in [-0.2, 0) is 19.1 Å². The Labute approximate surface area is 93.7 Å². The average Bonchev–Trinajstić information content (AvgIpc) is 2.87. The van der Waals surface area contributed by atoms with Crippen LogP contribution in [0.4, 0.5) is 0 Å². The second-order valence-electron chi connectivity index (χ2n) is 4.52. The number of carbonyl (C=O) groups is 2. The number of fused-ring (bicyclic) bond motifs is 2. The van der Waals surface area contributed by atoms with E-state index < -0.39 is 25.2 Å². The van der Waals surface area contributed by atoms with Gasteiger partial charge < -0.3 is 14.6 Å². The lowest BCUT2D eigenvalue weighted by atomic mass is 9.98. The summed E-state index contributed by atoms with van der Waals surface area (Å²) in [6.45, 7) is -1.10. The van der Waals surface area contributed by atoms with Crippen LogP contribution in [0.1, 0.15) is 25.7 Å². The molecule has 2 unspecified atom stereocenters. The van der Waals surface area contributed by atoms with Crippen molar-refractivity contribution in [3.8, 4) is 0 Å². The standard InChI is InChI=1S/C11H16O5/c12-5-10(13)15-6-11(14)16-9-4-7-1-2-8(9)3-7/h7-9,12H,1-6H2/t7?,8?,9-/m0/s1. The summed E-state index contributed by atoms with van der Waals surface area (Å²) in [6.07, 6.45) is 4.51. The van der Waals surface area contributed by atoms with E-state index in [2.05, 4.69) is 4.74 Å². The zero-order chi connectivity index (χ0) is 11.5. The fourth-order valence-electron chi connectivity index (χ4n) is 2.72. The van der Waals surface area contributed by atoms with Crippen LogP contribution in [0.25, 0.3) is 0 Å². The fourth-order valence-corrected chi connectivity index (χ4v) is 2.72. The first-order valence-corrected chi connectivity index (χ1v) is 5.65. The first kappa shape index (κ1) is 11.4. The maximum absolute atomic E-state index is 11.3. The van der Waals surface area contributed by atoms with E-state index in [9.17, 15) is 9.59 Å². The van der Waals surface area contributed by atoms with Crippen molar-refractivity contribution in [1.82, 2.24) is 0 Å². The number of esters is 2. The van der Waals surface area contributed by atoms with E-state index in [0.717, 1.165) is 19.3 Å². The first-order chi connectivity index (χ1) is 7.69. The van der Waals surface area contributed by atoms with Crippen LogP contribution in [0.5, 0.6) is 0 Å². The molecule has 5 nitrogen and oxygen atoms in total. The Balaban J connectivity index is 1.69. The lowest BCUT2D eigenvalue weighted by molar-refractivity contribution is -0.165. The highest BCUT2D eigenvalue weighted by Crippen LogP contribution is 2.45. The third kappa shape index (κ3) is 2.52. The number of rotatable bonds is 4. The molecule has 2 aliphatic rings. The molecule has 0 saturated heterocycles. The van der Waals surface area contributed by atoms with Crippen LogP contribution in [0, 0.1) is 11.8 Å². The highest BCUT2D eigenvalue weighted by Gasteiger charge is 2.41. The van der Waals surface area contributed by atoms with Crippen molar-refractivity contribution in [2.75, 3.05) is 13.2 Å². The van der Waals surface area contributed by atoms with Gasteiger partial charge in [0, 0.05) is 0 Å². The fraction of sp³-hybridized carbons (Fsp3) is 0.818.